The molecule has 0 aliphatic carbocycles. The standard InChI is InChI=1S/C40H49ClN8O3Si/c1-9-28-21-33-34(45-37(28)50)20-27(23-43-33)24-48-16-18-49(19-17-48)31-13-10-29(11-14-31)38-46-47-39(51-38)36(26(3)52-53(7,8)40(4,5)6)44-32-15-12-30(22-42)35(41)25(32)2/h10-15,20-21,23,26,36,44H,9,16-19,24H2,1-8H3,(H,45,50). The fourth-order valence-corrected chi connectivity index (χ4v) is 8.04. The lowest BCUT2D eigenvalue weighted by atomic mass is 10.1. The molecule has 11 nitrogen and oxygen atoms in total. The van der Waals surface area contributed by atoms with Gasteiger partial charge in [0.05, 0.1) is 27.7 Å². The number of piperazine rings is 1. The zero-order chi connectivity index (χ0) is 38.1. The monoisotopic (exact) mass is 752 g/mol. The zero-order valence-electron chi connectivity index (χ0n) is 31.9. The first-order chi connectivity index (χ1) is 25.2. The van der Waals surface area contributed by atoms with Gasteiger partial charge in [-0.25, -0.2) is 0 Å². The lowest BCUT2D eigenvalue weighted by molar-refractivity contribution is 0.166. The average Bonchev–Trinajstić information content (AvgIpc) is 3.61. The summed E-state index contributed by atoms with van der Waals surface area (Å²) in [6, 6.07) is 17.4. The predicted molar refractivity (Wildman–Crippen MR) is 214 cm³/mol. The number of aryl methyl sites for hydroxylation is 1. The van der Waals surface area contributed by atoms with Crippen molar-refractivity contribution >= 4 is 42.3 Å². The van der Waals surface area contributed by atoms with Crippen molar-refractivity contribution < 1.29 is 8.84 Å². The van der Waals surface area contributed by atoms with Crippen molar-refractivity contribution in [2.45, 2.75) is 84.8 Å². The van der Waals surface area contributed by atoms with Crippen LogP contribution in [0.15, 0.2) is 63.9 Å². The first-order valence-corrected chi connectivity index (χ1v) is 21.5. The van der Waals surface area contributed by atoms with E-state index in [-0.39, 0.29) is 16.7 Å². The van der Waals surface area contributed by atoms with Crippen LogP contribution in [0, 0.1) is 18.3 Å². The number of nitriles is 1. The molecule has 2 aromatic carbocycles. The lowest BCUT2D eigenvalue weighted by Crippen LogP contribution is -2.45. The van der Waals surface area contributed by atoms with Gasteiger partial charge in [-0.05, 0) is 98.1 Å². The van der Waals surface area contributed by atoms with E-state index < -0.39 is 14.4 Å². The second-order valence-corrected chi connectivity index (χ2v) is 20.6. The fraction of sp³-hybridized carbons (Fsp3) is 0.425. The highest BCUT2D eigenvalue weighted by Gasteiger charge is 2.41. The molecule has 1 aliphatic rings. The molecule has 4 heterocycles. The average molecular weight is 753 g/mol. The number of aromatic nitrogens is 4. The number of benzene rings is 2. The van der Waals surface area contributed by atoms with Crippen molar-refractivity contribution in [3.8, 4) is 17.5 Å². The second kappa shape index (κ2) is 15.4. The number of aromatic amines is 1. The number of H-pyrrole nitrogens is 1. The molecular weight excluding hydrogens is 704 g/mol. The Morgan fingerprint density at radius 3 is 2.47 bits per heavy atom. The van der Waals surface area contributed by atoms with E-state index in [1.54, 1.807) is 6.07 Å². The van der Waals surface area contributed by atoms with Gasteiger partial charge in [-0.1, -0.05) is 39.3 Å². The highest BCUT2D eigenvalue weighted by Crippen LogP contribution is 2.40. The number of fused-ring (bicyclic) bond motifs is 1. The molecule has 1 saturated heterocycles. The third kappa shape index (κ3) is 8.34. The number of nitrogens with zero attached hydrogens (tertiary/aromatic N) is 6. The summed E-state index contributed by atoms with van der Waals surface area (Å²) >= 11 is 6.54. The van der Waals surface area contributed by atoms with Crippen LogP contribution in [-0.4, -0.2) is 65.7 Å². The molecule has 278 valence electrons. The van der Waals surface area contributed by atoms with Crippen LogP contribution in [0.25, 0.3) is 22.5 Å². The molecule has 5 aromatic rings. The van der Waals surface area contributed by atoms with Crippen LogP contribution in [0.1, 0.15) is 68.8 Å². The van der Waals surface area contributed by atoms with Gasteiger partial charge in [0, 0.05) is 61.4 Å². The van der Waals surface area contributed by atoms with E-state index in [9.17, 15) is 10.1 Å². The summed E-state index contributed by atoms with van der Waals surface area (Å²) in [5, 5.41) is 22.4. The summed E-state index contributed by atoms with van der Waals surface area (Å²) in [5.41, 5.74) is 7.32. The van der Waals surface area contributed by atoms with Crippen molar-refractivity contribution in [1.29, 1.82) is 5.26 Å². The molecule has 1 aliphatic heterocycles. The van der Waals surface area contributed by atoms with Crippen molar-refractivity contribution in [3.05, 3.63) is 98.2 Å². The van der Waals surface area contributed by atoms with E-state index in [0.717, 1.165) is 77.4 Å². The molecule has 2 atom stereocenters. The van der Waals surface area contributed by atoms with Gasteiger partial charge in [0.1, 0.15) is 12.1 Å². The molecule has 0 saturated carbocycles. The van der Waals surface area contributed by atoms with Crippen molar-refractivity contribution in [2.24, 2.45) is 0 Å². The molecular formula is C40H49ClN8O3Si. The molecule has 1 fully saturated rings. The van der Waals surface area contributed by atoms with E-state index in [1.165, 1.54) is 0 Å². The van der Waals surface area contributed by atoms with Gasteiger partial charge in [0.15, 0.2) is 8.32 Å². The predicted octanol–water partition coefficient (Wildman–Crippen LogP) is 8.25. The minimum Gasteiger partial charge on any atom is -0.418 e. The van der Waals surface area contributed by atoms with E-state index in [4.69, 9.17) is 20.4 Å². The SMILES string of the molecule is CCc1cc2ncc(CN3CCN(c4ccc(-c5nnc(C(Nc6ccc(C#N)c(Cl)c6C)C(C)O[Si](C)(C)C(C)(C)C)o5)cc4)CC3)cc2[nH]c1=O. The number of hydrogen-bond acceptors (Lipinski definition) is 10. The third-order valence-corrected chi connectivity index (χ3v) is 15.8. The molecule has 13 heteroatoms. The maximum absolute atomic E-state index is 12.3. The van der Waals surface area contributed by atoms with Crippen LogP contribution >= 0.6 is 11.6 Å². The summed E-state index contributed by atoms with van der Waals surface area (Å²) in [4.78, 5) is 24.7. The Morgan fingerprint density at radius 1 is 1.09 bits per heavy atom. The normalized spacial score (nSPS) is 15.4. The highest BCUT2D eigenvalue weighted by atomic mass is 35.5. The van der Waals surface area contributed by atoms with E-state index >= 15 is 0 Å². The molecule has 0 amide bonds. The Morgan fingerprint density at radius 2 is 1.81 bits per heavy atom. The van der Waals surface area contributed by atoms with Crippen LogP contribution in [-0.2, 0) is 17.4 Å². The van der Waals surface area contributed by atoms with Crippen LogP contribution in [0.5, 0.6) is 0 Å². The van der Waals surface area contributed by atoms with E-state index in [1.807, 2.05) is 57.3 Å². The van der Waals surface area contributed by atoms with Crippen LogP contribution in [0.3, 0.4) is 0 Å². The molecule has 0 bridgehead atoms. The number of hydrogen-bond donors (Lipinski definition) is 2. The summed E-state index contributed by atoms with van der Waals surface area (Å²) in [6.07, 6.45) is 2.29. The second-order valence-electron chi connectivity index (χ2n) is 15.4. The maximum Gasteiger partial charge on any atom is 0.251 e. The Labute approximate surface area is 317 Å². The summed E-state index contributed by atoms with van der Waals surface area (Å²) in [6.45, 7) is 21.3. The number of halogens is 1. The Kier molecular flexibility index (Phi) is 11.1. The minimum absolute atomic E-state index is 0.00413. The molecule has 2 unspecified atom stereocenters. The number of pyridine rings is 2. The summed E-state index contributed by atoms with van der Waals surface area (Å²) < 4.78 is 13.2. The molecule has 2 N–H and O–H groups in total. The van der Waals surface area contributed by atoms with Gasteiger partial charge < -0.3 is 24.0 Å². The smallest absolute Gasteiger partial charge is 0.251 e. The Hall–Kier alpha value is -4.54. The molecule has 3 aromatic heterocycles. The Balaban J connectivity index is 1.14. The maximum atomic E-state index is 12.3. The third-order valence-electron chi connectivity index (χ3n) is 10.7. The van der Waals surface area contributed by atoms with Crippen LogP contribution < -0.4 is 15.8 Å². The summed E-state index contributed by atoms with van der Waals surface area (Å²) in [5.74, 6) is 0.832. The van der Waals surface area contributed by atoms with Crippen LogP contribution in [0.2, 0.25) is 23.2 Å². The van der Waals surface area contributed by atoms with Gasteiger partial charge in [0.2, 0.25) is 11.8 Å². The highest BCUT2D eigenvalue weighted by molar-refractivity contribution is 6.74. The first-order valence-electron chi connectivity index (χ1n) is 18.2. The zero-order valence-corrected chi connectivity index (χ0v) is 33.6. The minimum atomic E-state index is -2.16. The van der Waals surface area contributed by atoms with E-state index in [0.29, 0.717) is 28.8 Å². The van der Waals surface area contributed by atoms with Gasteiger partial charge in [0.25, 0.3) is 5.56 Å². The molecule has 53 heavy (non-hydrogen) atoms. The number of anilines is 2. The molecule has 6 rings (SSSR count). The quantitative estimate of drug-likeness (QED) is 0.127. The Bertz CT molecular complexity index is 2180. The number of nitrogens with one attached hydrogen (secondary N) is 2. The number of rotatable bonds is 11. The van der Waals surface area contributed by atoms with Gasteiger partial charge in [-0.3, -0.25) is 14.7 Å². The van der Waals surface area contributed by atoms with E-state index in [2.05, 4.69) is 87.3 Å². The van der Waals surface area contributed by atoms with Gasteiger partial charge in [-0.2, -0.15) is 5.26 Å². The van der Waals surface area contributed by atoms with Crippen molar-refractivity contribution in [1.82, 2.24) is 25.1 Å². The molecule has 0 spiro atoms. The fourth-order valence-electron chi connectivity index (χ4n) is 6.41. The topological polar surface area (TPSA) is 136 Å². The van der Waals surface area contributed by atoms with Crippen LogP contribution in [0.4, 0.5) is 11.4 Å². The summed E-state index contributed by atoms with van der Waals surface area (Å²) in [7, 11) is -2.16. The first kappa shape index (κ1) is 38.2. The van der Waals surface area contributed by atoms with Gasteiger partial charge in [-0.15, -0.1) is 10.2 Å². The van der Waals surface area contributed by atoms with Gasteiger partial charge >= 0.3 is 0 Å². The van der Waals surface area contributed by atoms with Crippen molar-refractivity contribution in [2.75, 3.05) is 36.4 Å². The van der Waals surface area contributed by atoms with Crippen molar-refractivity contribution in [3.63, 3.8) is 0 Å². The largest absolute Gasteiger partial charge is 0.418 e. The lowest BCUT2D eigenvalue weighted by Gasteiger charge is -2.40. The molecule has 0 radical (unpaired) electrons.